The molecular weight excluding hydrogens is 231 g/mol. The largest absolute Gasteiger partial charge is 0.323 e. The predicted molar refractivity (Wildman–Crippen MR) is 71.8 cm³/mol. The monoisotopic (exact) mass is 250 g/mol. The van der Waals surface area contributed by atoms with E-state index in [1.54, 1.807) is 18.3 Å². The first-order valence-electron chi connectivity index (χ1n) is 5.80. The van der Waals surface area contributed by atoms with Crippen LogP contribution in [0.4, 0.5) is 14.9 Å². The molecule has 0 atom stereocenters. The van der Waals surface area contributed by atoms with Crippen LogP contribution in [0.15, 0.2) is 36.0 Å². The van der Waals surface area contributed by atoms with Crippen LogP contribution in [-0.2, 0) is 0 Å². The van der Waals surface area contributed by atoms with E-state index < -0.39 is 11.8 Å². The summed E-state index contributed by atoms with van der Waals surface area (Å²) >= 11 is 0. The van der Waals surface area contributed by atoms with E-state index in [0.29, 0.717) is 0 Å². The molecule has 0 fully saturated rings. The third-order valence-corrected chi connectivity index (χ3v) is 2.72. The van der Waals surface area contributed by atoms with Crippen LogP contribution in [0.5, 0.6) is 0 Å². The van der Waals surface area contributed by atoms with E-state index in [-0.39, 0.29) is 11.1 Å². The fourth-order valence-corrected chi connectivity index (χ4v) is 1.11. The number of carbonyl (C=O) groups excluding carboxylic acids is 1. The Bertz CT molecular complexity index is 461. The molecule has 0 spiro atoms. The van der Waals surface area contributed by atoms with Crippen LogP contribution in [0.2, 0.25) is 0 Å². The molecule has 0 saturated heterocycles. The van der Waals surface area contributed by atoms with E-state index >= 15 is 0 Å². The maximum Gasteiger partial charge on any atom is 0.323 e. The van der Waals surface area contributed by atoms with Gasteiger partial charge in [0.25, 0.3) is 0 Å². The van der Waals surface area contributed by atoms with Crippen LogP contribution >= 0.6 is 0 Å². The number of amides is 2. The predicted octanol–water partition coefficient (Wildman–Crippen LogP) is 3.90. The number of benzene rings is 1. The highest BCUT2D eigenvalue weighted by molar-refractivity contribution is 5.90. The lowest BCUT2D eigenvalue weighted by Gasteiger charge is -2.19. The van der Waals surface area contributed by atoms with Crippen molar-refractivity contribution >= 4 is 11.7 Å². The van der Waals surface area contributed by atoms with E-state index in [9.17, 15) is 9.18 Å². The fourth-order valence-electron chi connectivity index (χ4n) is 1.11. The molecule has 1 aromatic carbocycles. The van der Waals surface area contributed by atoms with Crippen molar-refractivity contribution in [3.8, 4) is 0 Å². The second-order valence-electron chi connectivity index (χ2n) is 5.16. The van der Waals surface area contributed by atoms with Gasteiger partial charge in [-0.05, 0) is 24.5 Å². The molecule has 0 radical (unpaired) electrons. The summed E-state index contributed by atoms with van der Waals surface area (Å²) in [6.07, 6.45) is 1.64. The number of nitrogens with one attached hydrogen (secondary N) is 2. The van der Waals surface area contributed by atoms with Crippen LogP contribution in [0.3, 0.4) is 0 Å². The van der Waals surface area contributed by atoms with E-state index in [1.165, 1.54) is 12.1 Å². The maximum atomic E-state index is 13.3. The van der Waals surface area contributed by atoms with Gasteiger partial charge in [0, 0.05) is 6.20 Å². The Hall–Kier alpha value is -1.84. The highest BCUT2D eigenvalue weighted by atomic mass is 19.1. The standard InChI is InChI=1S/C14H19FN2O/c1-10(14(2,3)4)9-16-13(18)17-12-8-6-5-7-11(12)15/h5-9H,1-4H3,(H2,16,17,18)/b10-9+. The number of para-hydroxylation sites is 1. The van der Waals surface area contributed by atoms with Crippen molar-refractivity contribution in [3.05, 3.63) is 41.9 Å². The molecule has 0 heterocycles. The van der Waals surface area contributed by atoms with Crippen LogP contribution in [0.25, 0.3) is 0 Å². The molecule has 0 unspecified atom stereocenters. The summed E-state index contributed by atoms with van der Waals surface area (Å²) in [5.41, 5.74) is 1.19. The summed E-state index contributed by atoms with van der Waals surface area (Å²) in [5.74, 6) is -0.454. The third kappa shape index (κ3) is 4.20. The van der Waals surface area contributed by atoms with Gasteiger partial charge in [-0.1, -0.05) is 38.5 Å². The number of halogens is 1. The lowest BCUT2D eigenvalue weighted by atomic mass is 9.88. The molecule has 2 N–H and O–H groups in total. The normalized spacial score (nSPS) is 12.2. The molecule has 1 aromatic rings. The minimum atomic E-state index is -0.455. The zero-order valence-electron chi connectivity index (χ0n) is 11.2. The zero-order valence-corrected chi connectivity index (χ0v) is 11.2. The van der Waals surface area contributed by atoms with Gasteiger partial charge in [-0.2, -0.15) is 0 Å². The third-order valence-electron chi connectivity index (χ3n) is 2.72. The highest BCUT2D eigenvalue weighted by Gasteiger charge is 2.12. The summed E-state index contributed by atoms with van der Waals surface area (Å²) in [6.45, 7) is 8.09. The van der Waals surface area contributed by atoms with E-state index in [0.717, 1.165) is 5.57 Å². The summed E-state index contributed by atoms with van der Waals surface area (Å²) in [5, 5.41) is 5.03. The molecule has 1 rings (SSSR count). The molecule has 4 heteroatoms. The number of allylic oxidation sites excluding steroid dienone is 1. The first kappa shape index (κ1) is 14.2. The lowest BCUT2D eigenvalue weighted by Crippen LogP contribution is -2.25. The van der Waals surface area contributed by atoms with Gasteiger partial charge in [0.05, 0.1) is 5.69 Å². The van der Waals surface area contributed by atoms with Crippen molar-refractivity contribution in [2.75, 3.05) is 5.32 Å². The molecule has 18 heavy (non-hydrogen) atoms. The minimum absolute atomic E-state index is 0.00865. The van der Waals surface area contributed by atoms with Gasteiger partial charge < -0.3 is 10.6 Å². The molecule has 0 bridgehead atoms. The van der Waals surface area contributed by atoms with Crippen molar-refractivity contribution in [1.29, 1.82) is 0 Å². The quantitative estimate of drug-likeness (QED) is 0.821. The molecule has 3 nitrogen and oxygen atoms in total. The SMILES string of the molecule is C/C(=C\NC(=O)Nc1ccccc1F)C(C)(C)C. The van der Waals surface area contributed by atoms with E-state index in [4.69, 9.17) is 0 Å². The van der Waals surface area contributed by atoms with E-state index in [2.05, 4.69) is 31.4 Å². The molecule has 98 valence electrons. The number of hydrogen-bond acceptors (Lipinski definition) is 1. The second kappa shape index (κ2) is 5.67. The Morgan fingerprint density at radius 2 is 1.89 bits per heavy atom. The van der Waals surface area contributed by atoms with Gasteiger partial charge in [0.2, 0.25) is 0 Å². The van der Waals surface area contributed by atoms with Crippen molar-refractivity contribution in [2.45, 2.75) is 27.7 Å². The molecule has 0 aromatic heterocycles. The van der Waals surface area contributed by atoms with E-state index in [1.807, 2.05) is 6.92 Å². The van der Waals surface area contributed by atoms with Gasteiger partial charge in [-0.15, -0.1) is 0 Å². The molecule has 0 aliphatic heterocycles. The fraction of sp³-hybridized carbons (Fsp3) is 0.357. The minimum Gasteiger partial charge on any atom is -0.314 e. The van der Waals surface area contributed by atoms with Gasteiger partial charge >= 0.3 is 6.03 Å². The first-order valence-corrected chi connectivity index (χ1v) is 5.80. The number of rotatable bonds is 2. The maximum absolute atomic E-state index is 13.3. The van der Waals surface area contributed by atoms with Crippen LogP contribution in [0.1, 0.15) is 27.7 Å². The zero-order chi connectivity index (χ0) is 13.8. The van der Waals surface area contributed by atoms with Crippen molar-refractivity contribution in [3.63, 3.8) is 0 Å². The molecule has 0 aliphatic carbocycles. The number of urea groups is 1. The van der Waals surface area contributed by atoms with Crippen molar-refractivity contribution < 1.29 is 9.18 Å². The highest BCUT2D eigenvalue weighted by Crippen LogP contribution is 2.23. The number of hydrogen-bond donors (Lipinski definition) is 2. The Balaban J connectivity index is 2.61. The smallest absolute Gasteiger partial charge is 0.314 e. The van der Waals surface area contributed by atoms with Gasteiger partial charge in [-0.25, -0.2) is 9.18 Å². The van der Waals surface area contributed by atoms with Crippen molar-refractivity contribution in [2.24, 2.45) is 5.41 Å². The summed E-state index contributed by atoms with van der Waals surface area (Å²) in [4.78, 5) is 11.6. The Morgan fingerprint density at radius 1 is 1.28 bits per heavy atom. The summed E-state index contributed by atoms with van der Waals surface area (Å²) < 4.78 is 13.3. The topological polar surface area (TPSA) is 41.1 Å². The Kier molecular flexibility index (Phi) is 4.48. The number of carbonyl (C=O) groups is 1. The first-order chi connectivity index (χ1) is 8.30. The van der Waals surface area contributed by atoms with Gasteiger partial charge in [-0.3, -0.25) is 0 Å². The Morgan fingerprint density at radius 3 is 2.44 bits per heavy atom. The van der Waals surface area contributed by atoms with Crippen molar-refractivity contribution in [1.82, 2.24) is 5.32 Å². The van der Waals surface area contributed by atoms with Crippen LogP contribution < -0.4 is 10.6 Å². The van der Waals surface area contributed by atoms with Crippen LogP contribution in [-0.4, -0.2) is 6.03 Å². The molecule has 2 amide bonds. The average Bonchev–Trinajstić information content (AvgIpc) is 2.27. The summed E-state index contributed by atoms with van der Waals surface area (Å²) in [6, 6.07) is 5.58. The molecule has 0 aliphatic rings. The van der Waals surface area contributed by atoms with Gasteiger partial charge in [0.1, 0.15) is 5.82 Å². The Labute approximate surface area is 107 Å². The molecular formula is C14H19FN2O. The second-order valence-corrected chi connectivity index (χ2v) is 5.16. The van der Waals surface area contributed by atoms with Crippen LogP contribution in [0, 0.1) is 11.2 Å². The average molecular weight is 250 g/mol. The van der Waals surface area contributed by atoms with Gasteiger partial charge in [0.15, 0.2) is 0 Å². The lowest BCUT2D eigenvalue weighted by molar-refractivity contribution is 0.254. The summed E-state index contributed by atoms with van der Waals surface area (Å²) in [7, 11) is 0. The molecule has 0 saturated carbocycles. The number of anilines is 1.